The van der Waals surface area contributed by atoms with Crippen LogP contribution >= 0.6 is 0 Å². The van der Waals surface area contributed by atoms with Gasteiger partial charge in [-0.3, -0.25) is 0 Å². The maximum Gasteiger partial charge on any atom is 0.176 e. The van der Waals surface area contributed by atoms with Gasteiger partial charge >= 0.3 is 0 Å². The van der Waals surface area contributed by atoms with Crippen LogP contribution in [0.5, 0.6) is 0 Å². The van der Waals surface area contributed by atoms with Crippen molar-refractivity contribution in [2.24, 2.45) is 11.5 Å². The Hall–Kier alpha value is -0.400. The average molecular weight is 379 g/mol. The molecule has 26 heavy (non-hydrogen) atoms. The minimum absolute atomic E-state index is 0.363. The number of ether oxygens (including phenoxy) is 2. The van der Waals surface area contributed by atoms with Crippen molar-refractivity contribution in [2.75, 3.05) is 6.54 Å². The number of aliphatic hydroxyl groups is 5. The van der Waals surface area contributed by atoms with Gasteiger partial charge in [-0.25, -0.2) is 0 Å². The minimum atomic E-state index is -1.38. The molecule has 154 valence electrons. The molecule has 0 bridgehead atoms. The maximum atomic E-state index is 10.4. The zero-order valence-corrected chi connectivity index (χ0v) is 15.2. The highest BCUT2D eigenvalue weighted by Crippen LogP contribution is 2.28. The Labute approximate surface area is 153 Å². The van der Waals surface area contributed by atoms with E-state index >= 15 is 0 Å². The van der Waals surface area contributed by atoms with E-state index < -0.39 is 61.1 Å². The van der Waals surface area contributed by atoms with Gasteiger partial charge in [-0.05, 0) is 26.3 Å². The molecule has 0 radical (unpaired) electrons. The molecule has 10 heteroatoms. The van der Waals surface area contributed by atoms with E-state index in [0.29, 0.717) is 13.0 Å². The third-order valence-electron chi connectivity index (χ3n) is 5.16. The Bertz CT molecular complexity index is 444. The normalized spacial score (nSPS) is 48.3. The van der Waals surface area contributed by atoms with Crippen molar-refractivity contribution in [1.29, 1.82) is 0 Å². The quantitative estimate of drug-likeness (QED) is 0.229. The Kier molecular flexibility index (Phi) is 7.74. The lowest BCUT2D eigenvalue weighted by Crippen LogP contribution is -2.68. The molecule has 1 saturated carbocycles. The summed E-state index contributed by atoms with van der Waals surface area (Å²) < 4.78 is 11.2. The number of nitrogens with two attached hydrogens (primary N) is 2. The average Bonchev–Trinajstić information content (AvgIpc) is 2.60. The molecule has 1 aliphatic carbocycles. The van der Waals surface area contributed by atoms with Crippen LogP contribution in [0.15, 0.2) is 0 Å². The topological polar surface area (TPSA) is 184 Å². The number of hydrogen-bond donors (Lipinski definition) is 8. The van der Waals surface area contributed by atoms with Crippen LogP contribution in [0, 0.1) is 0 Å². The van der Waals surface area contributed by atoms with Crippen molar-refractivity contribution in [3.8, 4) is 0 Å². The molecule has 0 amide bonds. The SMILES string of the molecule is CCCN[C@@H]1CC(N)[C@@H](O[C@H]2OC([C@@H](C)O)[C@@H](O)[C@H](O)C2N)C(O)[C@@H]1O. The van der Waals surface area contributed by atoms with E-state index in [0.717, 1.165) is 6.42 Å². The summed E-state index contributed by atoms with van der Waals surface area (Å²) in [4.78, 5) is 0. The van der Waals surface area contributed by atoms with Crippen LogP contribution in [0.1, 0.15) is 26.7 Å². The van der Waals surface area contributed by atoms with Gasteiger partial charge in [-0.15, -0.1) is 0 Å². The molecule has 11 atom stereocenters. The van der Waals surface area contributed by atoms with Gasteiger partial charge in [0.25, 0.3) is 0 Å². The Morgan fingerprint density at radius 1 is 1.12 bits per heavy atom. The maximum absolute atomic E-state index is 10.4. The van der Waals surface area contributed by atoms with Crippen LogP contribution in [0.4, 0.5) is 0 Å². The van der Waals surface area contributed by atoms with E-state index in [1.807, 2.05) is 6.92 Å². The standard InChI is InChI=1S/C16H33N3O7/c1-3-4-19-8-5-7(17)15(12(23)10(8)21)26-16-9(18)11(22)13(24)14(25-16)6(2)20/h6-16,19-24H,3-5,17-18H2,1-2H3/t6-,7?,8-,9?,10-,11-,12?,13+,14?,15-,16-/m1/s1. The van der Waals surface area contributed by atoms with Crippen molar-refractivity contribution >= 4 is 0 Å². The van der Waals surface area contributed by atoms with E-state index in [9.17, 15) is 25.5 Å². The van der Waals surface area contributed by atoms with Gasteiger partial charge < -0.3 is 51.8 Å². The molecular weight excluding hydrogens is 346 g/mol. The molecule has 0 spiro atoms. The van der Waals surface area contributed by atoms with Crippen LogP contribution in [-0.4, -0.2) is 99.2 Å². The summed E-state index contributed by atoms with van der Waals surface area (Å²) in [5, 5.41) is 53.7. The minimum Gasteiger partial charge on any atom is -0.391 e. The second kappa shape index (κ2) is 9.20. The summed E-state index contributed by atoms with van der Waals surface area (Å²) in [6.07, 6.45) is -8.23. The van der Waals surface area contributed by atoms with Crippen molar-refractivity contribution in [3.05, 3.63) is 0 Å². The first-order valence-corrected chi connectivity index (χ1v) is 9.14. The summed E-state index contributed by atoms with van der Waals surface area (Å²) in [6, 6.07) is -2.07. The van der Waals surface area contributed by atoms with E-state index in [1.165, 1.54) is 6.92 Å². The number of hydrogen-bond acceptors (Lipinski definition) is 10. The molecule has 1 saturated heterocycles. The fourth-order valence-electron chi connectivity index (χ4n) is 3.55. The van der Waals surface area contributed by atoms with Gasteiger partial charge in [0.1, 0.15) is 30.5 Å². The molecule has 10 nitrogen and oxygen atoms in total. The lowest BCUT2D eigenvalue weighted by Gasteiger charge is -2.47. The Morgan fingerprint density at radius 3 is 2.35 bits per heavy atom. The lowest BCUT2D eigenvalue weighted by atomic mass is 9.84. The van der Waals surface area contributed by atoms with Crippen LogP contribution < -0.4 is 16.8 Å². The summed E-state index contributed by atoms with van der Waals surface area (Å²) in [5.74, 6) is 0. The van der Waals surface area contributed by atoms with Crippen molar-refractivity contribution in [2.45, 2.75) is 93.8 Å². The Morgan fingerprint density at radius 2 is 1.77 bits per heavy atom. The summed E-state index contributed by atoms with van der Waals surface area (Å²) in [7, 11) is 0. The molecule has 2 aliphatic rings. The molecule has 2 fully saturated rings. The van der Waals surface area contributed by atoms with Crippen LogP contribution in [0.3, 0.4) is 0 Å². The molecule has 1 aliphatic heterocycles. The molecule has 0 aromatic heterocycles. The number of nitrogens with one attached hydrogen (secondary N) is 1. The fourth-order valence-corrected chi connectivity index (χ4v) is 3.55. The Balaban J connectivity index is 2.06. The summed E-state index contributed by atoms with van der Waals surface area (Å²) >= 11 is 0. The number of aliphatic hydroxyl groups excluding tert-OH is 5. The molecule has 1 heterocycles. The molecule has 0 aromatic carbocycles. The lowest BCUT2D eigenvalue weighted by molar-refractivity contribution is -0.301. The molecule has 2 rings (SSSR count). The third kappa shape index (κ3) is 4.53. The predicted molar refractivity (Wildman–Crippen MR) is 91.9 cm³/mol. The molecule has 4 unspecified atom stereocenters. The zero-order chi connectivity index (χ0) is 19.6. The van der Waals surface area contributed by atoms with Crippen molar-refractivity contribution in [1.82, 2.24) is 5.32 Å². The fraction of sp³-hybridized carbons (Fsp3) is 1.00. The second-order valence-corrected chi connectivity index (χ2v) is 7.31. The zero-order valence-electron chi connectivity index (χ0n) is 15.2. The third-order valence-corrected chi connectivity index (χ3v) is 5.16. The van der Waals surface area contributed by atoms with Crippen LogP contribution in [0.2, 0.25) is 0 Å². The highest BCUT2D eigenvalue weighted by molar-refractivity contribution is 5.00. The van der Waals surface area contributed by atoms with Gasteiger partial charge in [-0.2, -0.15) is 0 Å². The highest BCUT2D eigenvalue weighted by Gasteiger charge is 2.49. The van der Waals surface area contributed by atoms with Gasteiger partial charge in [0, 0.05) is 12.1 Å². The largest absolute Gasteiger partial charge is 0.391 e. The number of rotatable bonds is 6. The van der Waals surface area contributed by atoms with Gasteiger partial charge in [0.15, 0.2) is 6.29 Å². The van der Waals surface area contributed by atoms with E-state index in [1.54, 1.807) is 0 Å². The summed E-state index contributed by atoms with van der Waals surface area (Å²) in [5.41, 5.74) is 12.0. The first-order chi connectivity index (χ1) is 12.2. The highest BCUT2D eigenvalue weighted by atomic mass is 16.7. The van der Waals surface area contributed by atoms with E-state index in [4.69, 9.17) is 20.9 Å². The molecule has 10 N–H and O–H groups in total. The summed E-state index contributed by atoms with van der Waals surface area (Å²) in [6.45, 7) is 4.08. The smallest absolute Gasteiger partial charge is 0.176 e. The van der Waals surface area contributed by atoms with Crippen LogP contribution in [0.25, 0.3) is 0 Å². The predicted octanol–water partition coefficient (Wildman–Crippen LogP) is -3.65. The molecular formula is C16H33N3O7. The van der Waals surface area contributed by atoms with Crippen molar-refractivity contribution in [3.63, 3.8) is 0 Å². The van der Waals surface area contributed by atoms with Crippen LogP contribution in [-0.2, 0) is 9.47 Å². The van der Waals surface area contributed by atoms with Gasteiger partial charge in [0.2, 0.25) is 0 Å². The first kappa shape index (κ1) is 21.9. The first-order valence-electron chi connectivity index (χ1n) is 9.14. The van der Waals surface area contributed by atoms with E-state index in [-0.39, 0.29) is 6.04 Å². The monoisotopic (exact) mass is 379 g/mol. The van der Waals surface area contributed by atoms with Crippen molar-refractivity contribution < 1.29 is 35.0 Å². The second-order valence-electron chi connectivity index (χ2n) is 7.31. The van der Waals surface area contributed by atoms with Gasteiger partial charge in [-0.1, -0.05) is 6.92 Å². The van der Waals surface area contributed by atoms with Gasteiger partial charge in [0.05, 0.1) is 18.2 Å². The van der Waals surface area contributed by atoms with E-state index in [2.05, 4.69) is 5.32 Å². The molecule has 0 aromatic rings.